The van der Waals surface area contributed by atoms with E-state index >= 15 is 0 Å². The second-order valence-electron chi connectivity index (χ2n) is 11.9. The maximum absolute atomic E-state index is 14.4. The molecule has 0 aliphatic heterocycles. The number of carbonyl (C=O) groups is 1. The second-order valence-corrected chi connectivity index (χ2v) is 14.0. The van der Waals surface area contributed by atoms with E-state index in [-0.39, 0.29) is 50.7 Å². The van der Waals surface area contributed by atoms with E-state index in [1.54, 1.807) is 45.0 Å². The first-order chi connectivity index (χ1) is 21.9. The summed E-state index contributed by atoms with van der Waals surface area (Å²) in [4.78, 5) is 23.6. The van der Waals surface area contributed by atoms with E-state index in [1.807, 2.05) is 0 Å². The first-order valence-corrected chi connectivity index (χ1v) is 16.4. The molecule has 0 aliphatic rings. The van der Waals surface area contributed by atoms with Crippen LogP contribution in [-0.4, -0.2) is 62.5 Å². The van der Waals surface area contributed by atoms with Crippen LogP contribution in [-0.2, 0) is 23.0 Å². The topological polar surface area (TPSA) is 130 Å². The molecule has 47 heavy (non-hydrogen) atoms. The lowest BCUT2D eigenvalue weighted by molar-refractivity contribution is 0.0684. The zero-order chi connectivity index (χ0) is 34.4. The Hall–Kier alpha value is -4.50. The van der Waals surface area contributed by atoms with Crippen LogP contribution in [0.25, 0.3) is 33.2 Å². The number of sulfonamides is 1. The minimum Gasteiger partial charge on any atom is -0.465 e. The van der Waals surface area contributed by atoms with Crippen LogP contribution in [0.2, 0.25) is 5.02 Å². The summed E-state index contributed by atoms with van der Waals surface area (Å²) in [6, 6.07) is 11.1. The average Bonchev–Trinajstić information content (AvgIpc) is 3.27. The molecule has 5 aromatic rings. The minimum absolute atomic E-state index is 0.00851. The normalized spacial score (nSPS) is 13.0. The van der Waals surface area contributed by atoms with E-state index < -0.39 is 52.3 Å². The van der Waals surface area contributed by atoms with E-state index in [2.05, 4.69) is 9.82 Å². The van der Waals surface area contributed by atoms with Crippen LogP contribution in [0.3, 0.4) is 0 Å². The Labute approximate surface area is 272 Å². The van der Waals surface area contributed by atoms with Gasteiger partial charge in [-0.05, 0) is 69.2 Å². The van der Waals surface area contributed by atoms with E-state index in [4.69, 9.17) is 21.6 Å². The first-order valence-electron chi connectivity index (χ1n) is 14.1. The Morgan fingerprint density at radius 2 is 1.66 bits per heavy atom. The molecule has 0 saturated carbocycles. The third-order valence-corrected chi connectivity index (χ3v) is 8.07. The molecular weight excluding hydrogens is 664 g/mol. The molecule has 10 nitrogen and oxygen atoms in total. The van der Waals surface area contributed by atoms with Gasteiger partial charge in [-0.1, -0.05) is 23.7 Å². The lowest BCUT2D eigenvalue weighted by Crippen LogP contribution is -2.48. The van der Waals surface area contributed by atoms with E-state index in [0.717, 1.165) is 28.0 Å². The van der Waals surface area contributed by atoms with Crippen molar-refractivity contribution in [1.29, 1.82) is 0 Å². The third kappa shape index (κ3) is 7.25. The quantitative estimate of drug-likeness (QED) is 0.155. The molecule has 248 valence electrons. The van der Waals surface area contributed by atoms with Gasteiger partial charge in [0.25, 0.3) is 6.43 Å². The number of aromatic nitrogens is 4. The Morgan fingerprint density at radius 1 is 1.04 bits per heavy atom. The maximum atomic E-state index is 14.4. The molecule has 1 atom stereocenters. The van der Waals surface area contributed by atoms with Gasteiger partial charge in [-0.3, -0.25) is 14.3 Å². The van der Waals surface area contributed by atoms with Crippen LogP contribution in [0.1, 0.15) is 38.1 Å². The number of benzene rings is 3. The van der Waals surface area contributed by atoms with E-state index in [9.17, 15) is 35.9 Å². The van der Waals surface area contributed by atoms with Gasteiger partial charge in [0.2, 0.25) is 10.0 Å². The number of carboxylic acid groups (broad SMARTS) is 1. The number of amides is 1. The van der Waals surface area contributed by atoms with Crippen molar-refractivity contribution in [2.24, 2.45) is 0 Å². The van der Waals surface area contributed by atoms with Crippen LogP contribution in [0.4, 0.5) is 28.2 Å². The third-order valence-electron chi connectivity index (χ3n) is 7.20. The van der Waals surface area contributed by atoms with E-state index in [1.165, 1.54) is 12.1 Å². The standard InChI is InChI=1S/C31H29ClF4N6O4S/c1-31(2,3)42(30(43)44)23(13-16-11-17(33)14-18(34)12-16)27-26(37-21-7-5-6-8-22(21)38-27)19-9-10-20(32)25-28(19)41(15-24(35)36)39-29(25)40-47(4,45)46/h5-12,14,23-24H,13,15H2,1-4H3,(H,39,40)(H,43,44)/t23-/m0/s1. The van der Waals surface area contributed by atoms with Crippen molar-refractivity contribution in [2.75, 3.05) is 11.0 Å². The number of hydrogen-bond acceptors (Lipinski definition) is 6. The molecule has 0 spiro atoms. The largest absolute Gasteiger partial charge is 0.465 e. The fourth-order valence-electron chi connectivity index (χ4n) is 5.58. The number of nitrogens with one attached hydrogen (secondary N) is 1. The number of hydrogen-bond donors (Lipinski definition) is 2. The van der Waals surface area contributed by atoms with Gasteiger partial charge in [0.1, 0.15) is 18.2 Å². The molecule has 2 aromatic heterocycles. The zero-order valence-electron chi connectivity index (χ0n) is 25.5. The number of halogens is 5. The molecule has 3 aromatic carbocycles. The average molecular weight is 693 g/mol. The zero-order valence-corrected chi connectivity index (χ0v) is 27.0. The van der Waals surface area contributed by atoms with Crippen molar-refractivity contribution >= 4 is 55.5 Å². The molecule has 0 saturated heterocycles. The summed E-state index contributed by atoms with van der Waals surface area (Å²) in [6.07, 6.45) is -3.68. The number of rotatable bonds is 9. The molecule has 0 unspecified atom stereocenters. The molecule has 0 bridgehead atoms. The Morgan fingerprint density at radius 3 is 2.21 bits per heavy atom. The molecule has 0 aliphatic carbocycles. The number of fused-ring (bicyclic) bond motifs is 2. The summed E-state index contributed by atoms with van der Waals surface area (Å²) in [5, 5.41) is 14.6. The highest BCUT2D eigenvalue weighted by Gasteiger charge is 2.38. The predicted molar refractivity (Wildman–Crippen MR) is 170 cm³/mol. The molecule has 0 fully saturated rings. The van der Waals surface area contributed by atoms with Gasteiger partial charge in [0, 0.05) is 17.2 Å². The lowest BCUT2D eigenvalue weighted by Gasteiger charge is -2.40. The number of nitrogens with zero attached hydrogens (tertiary/aromatic N) is 5. The summed E-state index contributed by atoms with van der Waals surface area (Å²) >= 11 is 6.52. The molecule has 5 rings (SSSR count). The molecule has 0 radical (unpaired) electrons. The van der Waals surface area contributed by atoms with Crippen molar-refractivity contribution in [3.63, 3.8) is 0 Å². The second kappa shape index (κ2) is 12.6. The number of anilines is 1. The summed E-state index contributed by atoms with van der Waals surface area (Å²) in [5.74, 6) is -2.05. The molecule has 1 amide bonds. The Kier molecular flexibility index (Phi) is 9.08. The SMILES string of the molecule is CC(C)(C)N(C(=O)O)[C@@H](Cc1cc(F)cc(F)c1)c1nc2ccccc2nc1-c1ccc(Cl)c2c(NS(C)(=O)=O)nn(CC(F)F)c12. The first kappa shape index (κ1) is 33.9. The maximum Gasteiger partial charge on any atom is 0.408 e. The van der Waals surface area contributed by atoms with Gasteiger partial charge in [0.15, 0.2) is 5.82 Å². The van der Waals surface area contributed by atoms with Crippen molar-refractivity contribution < 1.29 is 35.9 Å². The predicted octanol–water partition coefficient (Wildman–Crippen LogP) is 7.28. The minimum atomic E-state index is -3.94. The fourth-order valence-corrected chi connectivity index (χ4v) is 6.31. The van der Waals surface area contributed by atoms with Gasteiger partial charge >= 0.3 is 6.09 Å². The van der Waals surface area contributed by atoms with Crippen molar-refractivity contribution in [2.45, 2.75) is 51.7 Å². The van der Waals surface area contributed by atoms with Crippen molar-refractivity contribution in [1.82, 2.24) is 24.6 Å². The molecule has 2 heterocycles. The molecule has 16 heteroatoms. The van der Waals surface area contributed by atoms with Crippen LogP contribution < -0.4 is 4.72 Å². The fraction of sp³-hybridized carbons (Fsp3) is 0.290. The van der Waals surface area contributed by atoms with E-state index in [0.29, 0.717) is 17.1 Å². The lowest BCUT2D eigenvalue weighted by atomic mass is 9.93. The van der Waals surface area contributed by atoms with Crippen molar-refractivity contribution in [3.8, 4) is 11.3 Å². The summed E-state index contributed by atoms with van der Waals surface area (Å²) in [5.41, 5.74) is -0.0892. The molecule has 2 N–H and O–H groups in total. The van der Waals surface area contributed by atoms with Gasteiger partial charge in [-0.2, -0.15) is 5.10 Å². The van der Waals surface area contributed by atoms with Crippen LogP contribution in [0.15, 0.2) is 54.6 Å². The van der Waals surface area contributed by atoms with Crippen molar-refractivity contribution in [3.05, 3.63) is 82.5 Å². The number of alkyl halides is 2. The number of para-hydroxylation sites is 2. The monoisotopic (exact) mass is 692 g/mol. The van der Waals surface area contributed by atoms with Gasteiger partial charge in [0.05, 0.1) is 50.6 Å². The molecular formula is C31H29ClF4N6O4S. The Bertz CT molecular complexity index is 2100. The Balaban J connectivity index is 1.90. The van der Waals surface area contributed by atoms with Crippen LogP contribution in [0, 0.1) is 11.6 Å². The smallest absolute Gasteiger partial charge is 0.408 e. The highest BCUT2D eigenvalue weighted by molar-refractivity contribution is 7.92. The summed E-state index contributed by atoms with van der Waals surface area (Å²) in [6.45, 7) is 3.95. The highest BCUT2D eigenvalue weighted by Crippen LogP contribution is 2.42. The van der Waals surface area contributed by atoms with Crippen LogP contribution in [0.5, 0.6) is 0 Å². The van der Waals surface area contributed by atoms with Crippen LogP contribution >= 0.6 is 11.6 Å². The summed E-state index contributed by atoms with van der Waals surface area (Å²) in [7, 11) is -3.94. The summed E-state index contributed by atoms with van der Waals surface area (Å²) < 4.78 is 84.0. The van der Waals surface area contributed by atoms with Gasteiger partial charge < -0.3 is 5.11 Å². The van der Waals surface area contributed by atoms with Gasteiger partial charge in [-0.25, -0.2) is 40.7 Å². The van der Waals surface area contributed by atoms with Gasteiger partial charge in [-0.15, -0.1) is 0 Å². The highest BCUT2D eigenvalue weighted by atomic mass is 35.5.